The summed E-state index contributed by atoms with van der Waals surface area (Å²) in [6, 6.07) is 9.15. The van der Waals surface area contributed by atoms with Crippen molar-refractivity contribution in [2.75, 3.05) is 7.11 Å². The van der Waals surface area contributed by atoms with E-state index in [1.54, 1.807) is 18.2 Å². The van der Waals surface area contributed by atoms with E-state index in [-0.39, 0.29) is 5.69 Å². The van der Waals surface area contributed by atoms with Crippen LogP contribution in [-0.2, 0) is 6.18 Å². The molecule has 3 aromatic rings. The molecule has 0 aliphatic heterocycles. The summed E-state index contributed by atoms with van der Waals surface area (Å²) in [6.45, 7) is 0. The topological polar surface area (TPSA) is 87.5 Å². The van der Waals surface area contributed by atoms with E-state index in [0.29, 0.717) is 28.1 Å². The van der Waals surface area contributed by atoms with Crippen molar-refractivity contribution >= 4 is 0 Å². The van der Waals surface area contributed by atoms with Gasteiger partial charge >= 0.3 is 6.18 Å². The first kappa shape index (κ1) is 16.4. The van der Waals surface area contributed by atoms with Crippen LogP contribution in [0.2, 0.25) is 0 Å². The fourth-order valence-corrected chi connectivity index (χ4v) is 2.30. The fraction of sp³-hybridized carbons (Fsp3) is 0.125. The minimum atomic E-state index is -4.49. The molecular formula is C16H10F3N5O. The number of rotatable bonds is 3. The summed E-state index contributed by atoms with van der Waals surface area (Å²) in [6.07, 6.45) is -3.35. The Labute approximate surface area is 139 Å². The van der Waals surface area contributed by atoms with Crippen LogP contribution in [0.15, 0.2) is 36.5 Å². The number of aromatic amines is 1. The lowest BCUT2D eigenvalue weighted by Gasteiger charge is -2.10. The number of pyridine rings is 1. The SMILES string of the molecule is COc1ccc(-c2ccc(C(F)(F)F)nc2)cc1-c1nn[nH]c1C#N. The molecule has 0 bridgehead atoms. The zero-order valence-corrected chi connectivity index (χ0v) is 12.8. The van der Waals surface area contributed by atoms with Crippen LogP contribution in [0.5, 0.6) is 5.75 Å². The number of halogens is 3. The summed E-state index contributed by atoms with van der Waals surface area (Å²) < 4.78 is 43.1. The minimum absolute atomic E-state index is 0.154. The molecule has 0 saturated carbocycles. The number of hydrogen-bond acceptors (Lipinski definition) is 5. The monoisotopic (exact) mass is 345 g/mol. The maximum absolute atomic E-state index is 12.6. The Kier molecular flexibility index (Phi) is 4.10. The van der Waals surface area contributed by atoms with Gasteiger partial charge in [0.15, 0.2) is 5.69 Å². The zero-order valence-electron chi connectivity index (χ0n) is 12.8. The van der Waals surface area contributed by atoms with Gasteiger partial charge in [-0.05, 0) is 23.8 Å². The Hall–Kier alpha value is -3.41. The Morgan fingerprint density at radius 3 is 2.52 bits per heavy atom. The Morgan fingerprint density at radius 2 is 1.92 bits per heavy atom. The van der Waals surface area contributed by atoms with Crippen LogP contribution >= 0.6 is 0 Å². The minimum Gasteiger partial charge on any atom is -0.496 e. The van der Waals surface area contributed by atoms with E-state index in [9.17, 15) is 13.2 Å². The molecule has 9 heteroatoms. The van der Waals surface area contributed by atoms with Crippen molar-refractivity contribution in [1.82, 2.24) is 20.4 Å². The number of methoxy groups -OCH3 is 1. The molecule has 2 aromatic heterocycles. The van der Waals surface area contributed by atoms with Crippen molar-refractivity contribution in [1.29, 1.82) is 5.26 Å². The standard InChI is InChI=1S/C16H10F3N5O/c1-25-13-4-2-9(6-11(13)15-12(7-20)22-24-23-15)10-3-5-14(21-8-10)16(17,18)19/h2-6,8H,1H3,(H,22,23,24). The second-order valence-corrected chi connectivity index (χ2v) is 4.99. The maximum Gasteiger partial charge on any atom is 0.433 e. The molecule has 1 N–H and O–H groups in total. The van der Waals surface area contributed by atoms with Crippen molar-refractivity contribution in [3.63, 3.8) is 0 Å². The molecule has 0 radical (unpaired) electrons. The van der Waals surface area contributed by atoms with Crippen LogP contribution in [0.4, 0.5) is 13.2 Å². The van der Waals surface area contributed by atoms with Crippen LogP contribution in [0.3, 0.4) is 0 Å². The van der Waals surface area contributed by atoms with Gasteiger partial charge in [-0.1, -0.05) is 17.3 Å². The molecule has 0 fully saturated rings. The highest BCUT2D eigenvalue weighted by molar-refractivity contribution is 5.77. The van der Waals surface area contributed by atoms with Crippen molar-refractivity contribution < 1.29 is 17.9 Å². The number of ether oxygens (including phenoxy) is 1. The third-order valence-electron chi connectivity index (χ3n) is 3.50. The first-order chi connectivity index (χ1) is 11.9. The van der Waals surface area contributed by atoms with Crippen LogP contribution in [0.1, 0.15) is 11.4 Å². The van der Waals surface area contributed by atoms with Gasteiger partial charge in [-0.25, -0.2) is 5.10 Å². The summed E-state index contributed by atoms with van der Waals surface area (Å²) in [5.74, 6) is 0.453. The molecule has 0 spiro atoms. The van der Waals surface area contributed by atoms with Crippen LogP contribution in [0, 0.1) is 11.3 Å². The smallest absolute Gasteiger partial charge is 0.433 e. The second-order valence-electron chi connectivity index (χ2n) is 4.99. The number of benzene rings is 1. The lowest BCUT2D eigenvalue weighted by atomic mass is 10.0. The Balaban J connectivity index is 2.07. The normalized spacial score (nSPS) is 11.2. The third-order valence-corrected chi connectivity index (χ3v) is 3.50. The quantitative estimate of drug-likeness (QED) is 0.786. The lowest BCUT2D eigenvalue weighted by molar-refractivity contribution is -0.141. The van der Waals surface area contributed by atoms with Gasteiger partial charge in [0.05, 0.1) is 7.11 Å². The summed E-state index contributed by atoms with van der Waals surface area (Å²) in [5, 5.41) is 19.1. The van der Waals surface area contributed by atoms with E-state index in [1.165, 1.54) is 13.2 Å². The van der Waals surface area contributed by atoms with Gasteiger partial charge in [-0.15, -0.1) is 5.10 Å². The Morgan fingerprint density at radius 1 is 1.16 bits per heavy atom. The maximum atomic E-state index is 12.6. The summed E-state index contributed by atoms with van der Waals surface area (Å²) in [4.78, 5) is 3.45. The molecule has 1 aromatic carbocycles. The predicted molar refractivity (Wildman–Crippen MR) is 81.3 cm³/mol. The number of nitrogens with zero attached hydrogens (tertiary/aromatic N) is 4. The summed E-state index contributed by atoms with van der Waals surface area (Å²) in [7, 11) is 1.46. The lowest BCUT2D eigenvalue weighted by Crippen LogP contribution is -2.07. The molecule has 25 heavy (non-hydrogen) atoms. The highest BCUT2D eigenvalue weighted by Crippen LogP contribution is 2.35. The van der Waals surface area contributed by atoms with Gasteiger partial charge in [-0.2, -0.15) is 18.4 Å². The van der Waals surface area contributed by atoms with E-state index in [2.05, 4.69) is 20.4 Å². The highest BCUT2D eigenvalue weighted by Gasteiger charge is 2.32. The predicted octanol–water partition coefficient (Wildman–Crippen LogP) is 3.43. The Bertz CT molecular complexity index is 942. The number of aromatic nitrogens is 4. The molecule has 0 unspecified atom stereocenters. The number of alkyl halides is 3. The molecular weight excluding hydrogens is 335 g/mol. The van der Waals surface area contributed by atoms with Gasteiger partial charge in [0.25, 0.3) is 0 Å². The van der Waals surface area contributed by atoms with E-state index in [1.807, 2.05) is 6.07 Å². The number of hydrogen-bond donors (Lipinski definition) is 1. The van der Waals surface area contributed by atoms with Crippen LogP contribution in [0.25, 0.3) is 22.4 Å². The van der Waals surface area contributed by atoms with Crippen molar-refractivity contribution in [2.24, 2.45) is 0 Å². The van der Waals surface area contributed by atoms with E-state index < -0.39 is 11.9 Å². The van der Waals surface area contributed by atoms with Gasteiger partial charge in [0.1, 0.15) is 23.2 Å². The van der Waals surface area contributed by atoms with Crippen molar-refractivity contribution in [2.45, 2.75) is 6.18 Å². The van der Waals surface area contributed by atoms with Crippen LogP contribution < -0.4 is 4.74 Å². The fourth-order valence-electron chi connectivity index (χ4n) is 2.30. The molecule has 0 aliphatic rings. The molecule has 126 valence electrons. The molecule has 0 atom stereocenters. The van der Waals surface area contributed by atoms with E-state index in [4.69, 9.17) is 10.00 Å². The average molecular weight is 345 g/mol. The molecule has 0 amide bonds. The van der Waals surface area contributed by atoms with Gasteiger partial charge < -0.3 is 4.74 Å². The summed E-state index contributed by atoms with van der Waals surface area (Å²) in [5.41, 5.74) is 1.06. The highest BCUT2D eigenvalue weighted by atomic mass is 19.4. The first-order valence-electron chi connectivity index (χ1n) is 6.97. The van der Waals surface area contributed by atoms with Crippen molar-refractivity contribution in [3.05, 3.63) is 47.9 Å². The van der Waals surface area contributed by atoms with Crippen molar-refractivity contribution in [3.8, 4) is 34.2 Å². The molecule has 0 aliphatic carbocycles. The van der Waals surface area contributed by atoms with Crippen LogP contribution in [-0.4, -0.2) is 27.5 Å². The van der Waals surface area contributed by atoms with Gasteiger partial charge in [0.2, 0.25) is 0 Å². The average Bonchev–Trinajstić information content (AvgIpc) is 3.09. The molecule has 2 heterocycles. The van der Waals surface area contributed by atoms with E-state index >= 15 is 0 Å². The largest absolute Gasteiger partial charge is 0.496 e. The third kappa shape index (κ3) is 3.14. The first-order valence-corrected chi connectivity index (χ1v) is 6.97. The molecule has 0 saturated heterocycles. The second kappa shape index (κ2) is 6.24. The molecule has 6 nitrogen and oxygen atoms in total. The number of nitriles is 1. The number of H-pyrrole nitrogens is 1. The summed E-state index contributed by atoms with van der Waals surface area (Å²) >= 11 is 0. The number of nitrogens with one attached hydrogen (secondary N) is 1. The zero-order chi connectivity index (χ0) is 18.0. The van der Waals surface area contributed by atoms with Gasteiger partial charge in [-0.3, -0.25) is 4.98 Å². The molecule has 3 rings (SSSR count). The van der Waals surface area contributed by atoms with Gasteiger partial charge in [0, 0.05) is 17.3 Å². The van der Waals surface area contributed by atoms with E-state index in [0.717, 1.165) is 12.3 Å².